The Kier molecular flexibility index (Phi) is 7.29. The molecule has 0 radical (unpaired) electrons. The molecule has 0 fully saturated rings. The van der Waals surface area contributed by atoms with Crippen molar-refractivity contribution in [2.75, 3.05) is 40.4 Å². The van der Waals surface area contributed by atoms with E-state index < -0.39 is 0 Å². The van der Waals surface area contributed by atoms with Crippen LogP contribution in [0.2, 0.25) is 0 Å². The van der Waals surface area contributed by atoms with Gasteiger partial charge in [0.15, 0.2) is 23.9 Å². The predicted molar refractivity (Wildman–Crippen MR) is 133 cm³/mol. The van der Waals surface area contributed by atoms with Gasteiger partial charge in [-0.1, -0.05) is 0 Å². The molecule has 1 amide bonds. The fourth-order valence-electron chi connectivity index (χ4n) is 3.58. The minimum Gasteiger partial charge on any atom is -0.497 e. The summed E-state index contributed by atoms with van der Waals surface area (Å²) in [5, 5.41) is 2.74. The smallest absolute Gasteiger partial charge is 0.262 e. The van der Waals surface area contributed by atoms with Crippen LogP contribution in [-0.4, -0.2) is 46.7 Å². The monoisotopic (exact) mass is 491 g/mol. The van der Waals surface area contributed by atoms with Gasteiger partial charge in [-0.15, -0.1) is 0 Å². The van der Waals surface area contributed by atoms with Crippen LogP contribution in [-0.2, 0) is 4.79 Å². The molecule has 3 aromatic rings. The summed E-state index contributed by atoms with van der Waals surface area (Å²) in [7, 11) is 6.13. The van der Waals surface area contributed by atoms with Gasteiger partial charge in [0.1, 0.15) is 23.0 Å². The Morgan fingerprint density at radius 1 is 0.833 bits per heavy atom. The van der Waals surface area contributed by atoms with Crippen LogP contribution in [0.3, 0.4) is 0 Å². The Balaban J connectivity index is 1.45. The standard InChI is InChI=1S/C27H25NO8/c1-31-18-7-5-17(6-8-18)28-26(29)15-35-19-9-10-20-22(13-19)36-25(27(20)30)12-16-11-23(33-3)24(34-4)14-21(16)32-2/h5-14H,15H2,1-4H3,(H,28,29). The van der Waals surface area contributed by atoms with Crippen molar-refractivity contribution in [2.45, 2.75) is 0 Å². The summed E-state index contributed by atoms with van der Waals surface area (Å²) in [6.45, 7) is -0.218. The van der Waals surface area contributed by atoms with Crippen LogP contribution in [0.25, 0.3) is 6.08 Å². The van der Waals surface area contributed by atoms with E-state index in [9.17, 15) is 9.59 Å². The Hall–Kier alpha value is -4.66. The molecule has 9 heteroatoms. The Morgan fingerprint density at radius 2 is 1.50 bits per heavy atom. The molecule has 0 atom stereocenters. The highest BCUT2D eigenvalue weighted by molar-refractivity contribution is 6.14. The second-order valence-electron chi connectivity index (χ2n) is 7.61. The summed E-state index contributed by atoms with van der Waals surface area (Å²) in [6, 6.07) is 15.1. The molecule has 0 aromatic heterocycles. The van der Waals surface area contributed by atoms with Crippen LogP contribution in [0.1, 0.15) is 15.9 Å². The largest absolute Gasteiger partial charge is 0.497 e. The van der Waals surface area contributed by atoms with E-state index in [-0.39, 0.29) is 24.1 Å². The van der Waals surface area contributed by atoms with Crippen molar-refractivity contribution in [3.05, 3.63) is 71.5 Å². The number of ether oxygens (including phenoxy) is 6. The first-order valence-electron chi connectivity index (χ1n) is 10.9. The number of ketones is 1. The second kappa shape index (κ2) is 10.7. The molecule has 0 saturated carbocycles. The van der Waals surface area contributed by atoms with Crippen molar-refractivity contribution in [1.29, 1.82) is 0 Å². The quantitative estimate of drug-likeness (QED) is 0.441. The summed E-state index contributed by atoms with van der Waals surface area (Å²) in [4.78, 5) is 25.1. The Bertz CT molecular complexity index is 1310. The average molecular weight is 491 g/mol. The zero-order valence-electron chi connectivity index (χ0n) is 20.2. The Morgan fingerprint density at radius 3 is 2.17 bits per heavy atom. The van der Waals surface area contributed by atoms with E-state index in [4.69, 9.17) is 28.4 Å². The van der Waals surface area contributed by atoms with Gasteiger partial charge in [-0.25, -0.2) is 0 Å². The van der Waals surface area contributed by atoms with E-state index in [1.165, 1.54) is 21.3 Å². The number of allylic oxidation sites excluding steroid dienone is 1. The van der Waals surface area contributed by atoms with E-state index in [2.05, 4.69) is 5.32 Å². The fraction of sp³-hybridized carbons (Fsp3) is 0.185. The van der Waals surface area contributed by atoms with Crippen molar-refractivity contribution >= 4 is 23.5 Å². The van der Waals surface area contributed by atoms with Crippen LogP contribution in [0.15, 0.2) is 60.4 Å². The fourth-order valence-corrected chi connectivity index (χ4v) is 3.58. The molecule has 36 heavy (non-hydrogen) atoms. The second-order valence-corrected chi connectivity index (χ2v) is 7.61. The van der Waals surface area contributed by atoms with Gasteiger partial charge in [0.05, 0.1) is 34.0 Å². The third kappa shape index (κ3) is 5.20. The number of anilines is 1. The molecule has 186 valence electrons. The minimum atomic E-state index is -0.334. The number of Topliss-reactive ketones (excluding diaryl/α,β-unsaturated/α-hetero) is 1. The molecular weight excluding hydrogens is 466 g/mol. The van der Waals surface area contributed by atoms with Gasteiger partial charge < -0.3 is 33.7 Å². The number of benzene rings is 3. The first-order valence-corrected chi connectivity index (χ1v) is 10.9. The number of carbonyl (C=O) groups is 2. The van der Waals surface area contributed by atoms with Gasteiger partial charge in [0, 0.05) is 23.4 Å². The maximum Gasteiger partial charge on any atom is 0.262 e. The van der Waals surface area contributed by atoms with Crippen LogP contribution in [0, 0.1) is 0 Å². The number of nitrogens with one attached hydrogen (secondary N) is 1. The Labute approximate surface area is 208 Å². The lowest BCUT2D eigenvalue weighted by Crippen LogP contribution is -2.20. The van der Waals surface area contributed by atoms with E-state index in [1.54, 1.807) is 67.8 Å². The predicted octanol–water partition coefficient (Wildman–Crippen LogP) is 4.35. The molecule has 3 aromatic carbocycles. The summed E-state index contributed by atoms with van der Waals surface area (Å²) in [6.07, 6.45) is 1.58. The summed E-state index contributed by atoms with van der Waals surface area (Å²) < 4.78 is 32.6. The van der Waals surface area contributed by atoms with Gasteiger partial charge in [-0.3, -0.25) is 9.59 Å². The van der Waals surface area contributed by atoms with E-state index in [0.29, 0.717) is 51.3 Å². The van der Waals surface area contributed by atoms with Crippen molar-refractivity contribution < 1.29 is 38.0 Å². The topological polar surface area (TPSA) is 102 Å². The molecule has 1 aliphatic rings. The van der Waals surface area contributed by atoms with Gasteiger partial charge in [0.25, 0.3) is 5.91 Å². The number of methoxy groups -OCH3 is 4. The summed E-state index contributed by atoms with van der Waals surface area (Å²) >= 11 is 0. The highest BCUT2D eigenvalue weighted by atomic mass is 16.5. The van der Waals surface area contributed by atoms with E-state index in [0.717, 1.165) is 0 Å². The molecule has 1 aliphatic heterocycles. The van der Waals surface area contributed by atoms with Crippen LogP contribution >= 0.6 is 0 Å². The molecule has 1 N–H and O–H groups in total. The maximum absolute atomic E-state index is 12.9. The van der Waals surface area contributed by atoms with Gasteiger partial charge in [0.2, 0.25) is 5.78 Å². The number of hydrogen-bond donors (Lipinski definition) is 1. The molecule has 1 heterocycles. The number of hydrogen-bond acceptors (Lipinski definition) is 8. The van der Waals surface area contributed by atoms with Crippen molar-refractivity contribution in [3.63, 3.8) is 0 Å². The molecule has 4 rings (SSSR count). The molecule has 0 spiro atoms. The summed E-state index contributed by atoms with van der Waals surface area (Å²) in [5.41, 5.74) is 1.58. The molecule has 9 nitrogen and oxygen atoms in total. The molecule has 0 unspecified atom stereocenters. The number of amides is 1. The number of fused-ring (bicyclic) bond motifs is 1. The van der Waals surface area contributed by atoms with Crippen molar-refractivity contribution in [1.82, 2.24) is 0 Å². The van der Waals surface area contributed by atoms with Crippen LogP contribution in [0.4, 0.5) is 5.69 Å². The maximum atomic E-state index is 12.9. The highest BCUT2D eigenvalue weighted by Crippen LogP contribution is 2.39. The first kappa shape index (κ1) is 24.5. The van der Waals surface area contributed by atoms with Gasteiger partial charge in [-0.05, 0) is 48.5 Å². The first-order chi connectivity index (χ1) is 17.4. The van der Waals surface area contributed by atoms with Gasteiger partial charge >= 0.3 is 0 Å². The lowest BCUT2D eigenvalue weighted by atomic mass is 10.1. The number of rotatable bonds is 9. The molecular formula is C27H25NO8. The lowest BCUT2D eigenvalue weighted by Gasteiger charge is -2.12. The van der Waals surface area contributed by atoms with E-state index in [1.807, 2.05) is 0 Å². The molecule has 0 aliphatic carbocycles. The molecule has 0 bridgehead atoms. The van der Waals surface area contributed by atoms with Crippen LogP contribution < -0.4 is 33.7 Å². The van der Waals surface area contributed by atoms with Crippen molar-refractivity contribution in [2.24, 2.45) is 0 Å². The SMILES string of the molecule is COc1ccc(NC(=O)COc2ccc3c(c2)OC(=Cc2cc(OC)c(OC)cc2OC)C3=O)cc1. The highest BCUT2D eigenvalue weighted by Gasteiger charge is 2.28. The third-order valence-corrected chi connectivity index (χ3v) is 5.41. The minimum absolute atomic E-state index is 0.116. The lowest BCUT2D eigenvalue weighted by molar-refractivity contribution is -0.118. The van der Waals surface area contributed by atoms with Crippen LogP contribution in [0.5, 0.6) is 34.5 Å². The van der Waals surface area contributed by atoms with E-state index >= 15 is 0 Å². The van der Waals surface area contributed by atoms with Crippen molar-refractivity contribution in [3.8, 4) is 34.5 Å². The summed E-state index contributed by atoms with van der Waals surface area (Å²) in [5.74, 6) is 2.37. The zero-order chi connectivity index (χ0) is 25.7. The third-order valence-electron chi connectivity index (χ3n) is 5.41. The number of carbonyl (C=O) groups excluding carboxylic acids is 2. The zero-order valence-corrected chi connectivity index (χ0v) is 20.2. The molecule has 0 saturated heterocycles. The van der Waals surface area contributed by atoms with Gasteiger partial charge in [-0.2, -0.15) is 0 Å². The normalized spacial score (nSPS) is 13.0. The average Bonchev–Trinajstić information content (AvgIpc) is 3.21.